The molecule has 0 bridgehead atoms. The van der Waals surface area contributed by atoms with Crippen LogP contribution in [0.4, 0.5) is 16.2 Å². The second-order valence-corrected chi connectivity index (χ2v) is 10.3. The van der Waals surface area contributed by atoms with Crippen molar-refractivity contribution >= 4 is 22.9 Å². The van der Waals surface area contributed by atoms with Crippen molar-refractivity contribution < 1.29 is 9.50 Å². The summed E-state index contributed by atoms with van der Waals surface area (Å²) in [6, 6.07) is 15.8. The zero-order valence-corrected chi connectivity index (χ0v) is 20.9. The van der Waals surface area contributed by atoms with Gasteiger partial charge in [0.1, 0.15) is 5.82 Å². The number of hydrogen-bond acceptors (Lipinski definition) is 6. The van der Waals surface area contributed by atoms with E-state index in [1.807, 2.05) is 48.8 Å². The number of benzene rings is 2. The maximum atomic E-state index is 15.1. The number of aliphatic hydroxyl groups excluding tert-OH is 1. The Morgan fingerprint density at radius 3 is 2.46 bits per heavy atom. The number of fused-ring (bicyclic) bond motifs is 1. The third-order valence-corrected chi connectivity index (χ3v) is 7.78. The van der Waals surface area contributed by atoms with Crippen molar-refractivity contribution in [3.05, 3.63) is 66.2 Å². The van der Waals surface area contributed by atoms with Gasteiger partial charge in [-0.05, 0) is 55.7 Å². The molecule has 0 amide bonds. The Kier molecular flexibility index (Phi) is 6.74. The summed E-state index contributed by atoms with van der Waals surface area (Å²) in [6.07, 6.45) is 9.66. The molecule has 7 nitrogen and oxygen atoms in total. The van der Waals surface area contributed by atoms with Gasteiger partial charge in [-0.3, -0.25) is 0 Å². The van der Waals surface area contributed by atoms with Crippen LogP contribution in [-0.2, 0) is 6.54 Å². The lowest BCUT2D eigenvalue weighted by Gasteiger charge is -2.26. The monoisotopic (exact) mass is 500 g/mol. The second-order valence-electron chi connectivity index (χ2n) is 10.3. The molecule has 0 atom stereocenters. The second kappa shape index (κ2) is 10.5. The van der Waals surface area contributed by atoms with Crippen LogP contribution in [0.25, 0.3) is 22.3 Å². The van der Waals surface area contributed by atoms with Crippen molar-refractivity contribution in [2.24, 2.45) is 0 Å². The summed E-state index contributed by atoms with van der Waals surface area (Å²) in [5, 5.41) is 16.7. The predicted octanol–water partition coefficient (Wildman–Crippen LogP) is 6.08. The third-order valence-electron chi connectivity index (χ3n) is 7.78. The lowest BCUT2D eigenvalue weighted by atomic mass is 9.93. The average Bonchev–Trinajstić information content (AvgIpc) is 3.60. The molecule has 8 heteroatoms. The zero-order valence-electron chi connectivity index (χ0n) is 20.9. The minimum absolute atomic E-state index is 0.217. The molecule has 2 aliphatic rings. The first kappa shape index (κ1) is 23.9. The fourth-order valence-electron chi connectivity index (χ4n) is 5.64. The van der Waals surface area contributed by atoms with Gasteiger partial charge in [-0.1, -0.05) is 55.3 Å². The Bertz CT molecular complexity index is 1360. The summed E-state index contributed by atoms with van der Waals surface area (Å²) in [6.45, 7) is 0.290. The molecular formula is C29H33FN6O. The minimum atomic E-state index is -0.255. The summed E-state index contributed by atoms with van der Waals surface area (Å²) < 4.78 is 17.2. The molecule has 0 saturated heterocycles. The van der Waals surface area contributed by atoms with Crippen LogP contribution in [0.2, 0.25) is 0 Å². The molecule has 2 fully saturated rings. The molecule has 0 radical (unpaired) electrons. The number of aliphatic hydroxyl groups is 1. The van der Waals surface area contributed by atoms with Crippen LogP contribution in [0.3, 0.4) is 0 Å². The van der Waals surface area contributed by atoms with Gasteiger partial charge in [0.25, 0.3) is 0 Å². The van der Waals surface area contributed by atoms with Gasteiger partial charge in [0, 0.05) is 24.2 Å². The highest BCUT2D eigenvalue weighted by Crippen LogP contribution is 2.33. The quantitative estimate of drug-likeness (QED) is 0.285. The Morgan fingerprint density at radius 2 is 1.70 bits per heavy atom. The first-order chi connectivity index (χ1) is 18.1. The smallest absolute Gasteiger partial charge is 0.227 e. The van der Waals surface area contributed by atoms with Crippen molar-refractivity contribution in [2.45, 2.75) is 76.1 Å². The molecule has 0 aliphatic heterocycles. The van der Waals surface area contributed by atoms with Crippen molar-refractivity contribution in [3.63, 3.8) is 0 Å². The van der Waals surface area contributed by atoms with Gasteiger partial charge in [0.05, 0.1) is 12.4 Å². The molecule has 37 heavy (non-hydrogen) atoms. The van der Waals surface area contributed by atoms with Crippen LogP contribution in [0.1, 0.15) is 63.0 Å². The van der Waals surface area contributed by atoms with Gasteiger partial charge in [-0.25, -0.2) is 9.37 Å². The molecule has 2 aromatic carbocycles. The van der Waals surface area contributed by atoms with Crippen molar-refractivity contribution in [1.82, 2.24) is 19.5 Å². The summed E-state index contributed by atoms with van der Waals surface area (Å²) in [7, 11) is 0. The van der Waals surface area contributed by atoms with Crippen LogP contribution in [-0.4, -0.2) is 36.8 Å². The highest BCUT2D eigenvalue weighted by atomic mass is 19.1. The number of imidazole rings is 1. The topological polar surface area (TPSA) is 87.9 Å². The molecule has 2 heterocycles. The summed E-state index contributed by atoms with van der Waals surface area (Å²) >= 11 is 0. The van der Waals surface area contributed by atoms with E-state index < -0.39 is 0 Å². The SMILES string of the molecule is OC1CCC(Nc2nc(NCc3ccc(-c4ccccc4)cc3F)c3ncn(C4CCCC4)c3n2)CC1. The minimum Gasteiger partial charge on any atom is -0.393 e. The average molecular weight is 501 g/mol. The van der Waals surface area contributed by atoms with Gasteiger partial charge >= 0.3 is 0 Å². The number of hydrogen-bond donors (Lipinski definition) is 3. The predicted molar refractivity (Wildman–Crippen MR) is 144 cm³/mol. The molecule has 4 aromatic rings. The molecule has 6 rings (SSSR count). The number of anilines is 2. The van der Waals surface area contributed by atoms with Crippen LogP contribution >= 0.6 is 0 Å². The number of nitrogens with zero attached hydrogens (tertiary/aromatic N) is 4. The standard InChI is InChI=1S/C29H33FN6O/c30-25-16-20(19-6-2-1-3-7-19)10-11-21(25)17-31-27-26-28(36(18-32-26)23-8-4-5-9-23)35-29(34-27)33-22-12-14-24(37)15-13-22/h1-3,6-7,10-11,16,18,22-24,37H,4-5,8-9,12-15,17H2,(H2,31,33,34,35). The molecule has 2 aromatic heterocycles. The van der Waals surface area contributed by atoms with Gasteiger partial charge in [-0.15, -0.1) is 0 Å². The van der Waals surface area contributed by atoms with E-state index in [-0.39, 0.29) is 18.0 Å². The van der Waals surface area contributed by atoms with E-state index in [2.05, 4.69) is 20.2 Å². The fraction of sp³-hybridized carbons (Fsp3) is 0.414. The summed E-state index contributed by atoms with van der Waals surface area (Å²) in [5.74, 6) is 0.900. The molecular weight excluding hydrogens is 467 g/mol. The zero-order chi connectivity index (χ0) is 25.2. The van der Waals surface area contributed by atoms with Crippen LogP contribution < -0.4 is 10.6 Å². The highest BCUT2D eigenvalue weighted by molar-refractivity contribution is 5.84. The first-order valence-corrected chi connectivity index (χ1v) is 13.4. The summed E-state index contributed by atoms with van der Waals surface area (Å²) in [5.41, 5.74) is 3.92. The van der Waals surface area contributed by atoms with Crippen molar-refractivity contribution in [3.8, 4) is 11.1 Å². The van der Waals surface area contributed by atoms with Crippen molar-refractivity contribution in [2.75, 3.05) is 10.6 Å². The van der Waals surface area contributed by atoms with Gasteiger partial charge < -0.3 is 20.3 Å². The molecule has 3 N–H and O–H groups in total. The Balaban J connectivity index is 1.27. The van der Waals surface area contributed by atoms with Gasteiger partial charge in [0.15, 0.2) is 17.0 Å². The van der Waals surface area contributed by atoms with E-state index in [1.165, 1.54) is 12.8 Å². The number of aromatic nitrogens is 4. The van der Waals surface area contributed by atoms with E-state index in [1.54, 1.807) is 6.07 Å². The Labute approximate surface area is 216 Å². The Morgan fingerprint density at radius 1 is 0.919 bits per heavy atom. The third kappa shape index (κ3) is 5.16. The lowest BCUT2D eigenvalue weighted by molar-refractivity contribution is 0.126. The maximum absolute atomic E-state index is 15.1. The largest absolute Gasteiger partial charge is 0.393 e. The number of halogens is 1. The number of rotatable bonds is 7. The molecule has 0 unspecified atom stereocenters. The lowest BCUT2D eigenvalue weighted by Crippen LogP contribution is -2.29. The molecule has 2 saturated carbocycles. The molecule has 192 valence electrons. The van der Waals surface area contributed by atoms with Crippen molar-refractivity contribution in [1.29, 1.82) is 0 Å². The van der Waals surface area contributed by atoms with Crippen LogP contribution in [0.5, 0.6) is 0 Å². The van der Waals surface area contributed by atoms with E-state index in [4.69, 9.17) is 9.97 Å². The molecule has 2 aliphatic carbocycles. The van der Waals surface area contributed by atoms with Crippen LogP contribution in [0, 0.1) is 5.82 Å². The molecule has 0 spiro atoms. The van der Waals surface area contributed by atoms with E-state index in [0.717, 1.165) is 55.3 Å². The first-order valence-electron chi connectivity index (χ1n) is 13.4. The normalized spacial score (nSPS) is 20.4. The van der Waals surface area contributed by atoms with E-state index >= 15 is 4.39 Å². The Hall–Kier alpha value is -3.52. The number of nitrogens with one attached hydrogen (secondary N) is 2. The van der Waals surface area contributed by atoms with Gasteiger partial charge in [-0.2, -0.15) is 9.97 Å². The van der Waals surface area contributed by atoms with Gasteiger partial charge in [0.2, 0.25) is 5.95 Å². The fourth-order valence-corrected chi connectivity index (χ4v) is 5.64. The summed E-state index contributed by atoms with van der Waals surface area (Å²) in [4.78, 5) is 14.3. The maximum Gasteiger partial charge on any atom is 0.227 e. The highest BCUT2D eigenvalue weighted by Gasteiger charge is 2.24. The van der Waals surface area contributed by atoms with E-state index in [9.17, 15) is 5.11 Å². The van der Waals surface area contributed by atoms with E-state index in [0.29, 0.717) is 35.4 Å². The van der Waals surface area contributed by atoms with Crippen LogP contribution in [0.15, 0.2) is 54.9 Å².